The molecule has 84 valence electrons. The van der Waals surface area contributed by atoms with Gasteiger partial charge in [0, 0.05) is 0 Å². The lowest BCUT2D eigenvalue weighted by Gasteiger charge is -2.45. The molecule has 0 heterocycles. The molecule has 1 N–H and O–H groups in total. The summed E-state index contributed by atoms with van der Waals surface area (Å²) in [7, 11) is 0. The van der Waals surface area contributed by atoms with E-state index in [1.807, 2.05) is 6.08 Å². The molecule has 1 fully saturated rings. The third-order valence-corrected chi connectivity index (χ3v) is 4.24. The second-order valence-electron chi connectivity index (χ2n) is 5.54. The minimum absolute atomic E-state index is 0.209. The van der Waals surface area contributed by atoms with Crippen LogP contribution in [0.4, 0.5) is 0 Å². The molecular formula is C13H20O2. The Kier molecular flexibility index (Phi) is 2.61. The van der Waals surface area contributed by atoms with Crippen molar-refractivity contribution < 1.29 is 9.90 Å². The van der Waals surface area contributed by atoms with Crippen LogP contribution in [0.2, 0.25) is 0 Å². The Hall–Kier alpha value is -0.790. The predicted molar refractivity (Wildman–Crippen MR) is 59.4 cm³/mol. The number of hydrogen-bond donors (Lipinski definition) is 1. The molecule has 0 aromatic heterocycles. The highest BCUT2D eigenvalue weighted by Gasteiger charge is 2.43. The molecule has 0 amide bonds. The molecule has 3 rings (SSSR count). The highest BCUT2D eigenvalue weighted by molar-refractivity contribution is 5.73. The molecule has 0 radical (unpaired) electrons. The molecule has 1 saturated carbocycles. The molecule has 2 heteroatoms. The number of rotatable bonds is 2. The summed E-state index contributed by atoms with van der Waals surface area (Å²) >= 11 is 0. The van der Waals surface area contributed by atoms with Crippen LogP contribution in [-0.2, 0) is 4.79 Å². The van der Waals surface area contributed by atoms with Crippen molar-refractivity contribution in [1.29, 1.82) is 0 Å². The molecule has 15 heavy (non-hydrogen) atoms. The zero-order valence-corrected chi connectivity index (χ0v) is 9.73. The van der Waals surface area contributed by atoms with E-state index < -0.39 is 5.97 Å². The van der Waals surface area contributed by atoms with Crippen LogP contribution in [0.1, 0.15) is 33.6 Å². The first-order chi connectivity index (χ1) is 7.00. The van der Waals surface area contributed by atoms with E-state index in [-0.39, 0.29) is 5.92 Å². The van der Waals surface area contributed by atoms with Gasteiger partial charge in [-0.1, -0.05) is 32.4 Å². The summed E-state index contributed by atoms with van der Waals surface area (Å²) in [6, 6.07) is 0. The summed E-state index contributed by atoms with van der Waals surface area (Å²) in [6.45, 7) is 6.68. The Bertz CT molecular complexity index is 304. The molecule has 0 aromatic rings. The second kappa shape index (κ2) is 3.66. The van der Waals surface area contributed by atoms with Crippen LogP contribution in [0.25, 0.3) is 0 Å². The Balaban J connectivity index is 2.28. The first-order valence-electron chi connectivity index (χ1n) is 5.94. The molecule has 3 aliphatic carbocycles. The van der Waals surface area contributed by atoms with E-state index >= 15 is 0 Å². The van der Waals surface area contributed by atoms with Gasteiger partial charge in [-0.15, -0.1) is 0 Å². The van der Waals surface area contributed by atoms with Gasteiger partial charge in [-0.05, 0) is 36.5 Å². The average Bonchev–Trinajstić information content (AvgIpc) is 2.16. The Morgan fingerprint density at radius 2 is 2.20 bits per heavy atom. The van der Waals surface area contributed by atoms with E-state index in [0.29, 0.717) is 23.7 Å². The Morgan fingerprint density at radius 1 is 1.53 bits per heavy atom. The van der Waals surface area contributed by atoms with Crippen molar-refractivity contribution in [3.05, 3.63) is 11.6 Å². The zero-order chi connectivity index (χ0) is 11.2. The Labute approximate surface area is 91.4 Å². The van der Waals surface area contributed by atoms with Gasteiger partial charge >= 0.3 is 5.97 Å². The summed E-state index contributed by atoms with van der Waals surface area (Å²) in [4.78, 5) is 11.1. The minimum Gasteiger partial charge on any atom is -0.481 e. The van der Waals surface area contributed by atoms with Crippen LogP contribution in [0.3, 0.4) is 0 Å². The van der Waals surface area contributed by atoms with E-state index in [9.17, 15) is 4.79 Å². The monoisotopic (exact) mass is 208 g/mol. The average molecular weight is 208 g/mol. The molecular weight excluding hydrogens is 188 g/mol. The molecule has 2 nitrogen and oxygen atoms in total. The summed E-state index contributed by atoms with van der Waals surface area (Å²) < 4.78 is 0. The lowest BCUT2D eigenvalue weighted by Crippen LogP contribution is -2.40. The maximum atomic E-state index is 11.1. The predicted octanol–water partition coefficient (Wildman–Crippen LogP) is 2.95. The second-order valence-corrected chi connectivity index (χ2v) is 5.54. The number of carbonyl (C=O) groups is 1. The summed E-state index contributed by atoms with van der Waals surface area (Å²) in [5, 5.41) is 9.16. The fourth-order valence-electron chi connectivity index (χ4n) is 3.35. The Morgan fingerprint density at radius 3 is 2.67 bits per heavy atom. The van der Waals surface area contributed by atoms with E-state index in [1.54, 1.807) is 0 Å². The molecule has 0 saturated heterocycles. The fourth-order valence-corrected chi connectivity index (χ4v) is 3.35. The third-order valence-electron chi connectivity index (χ3n) is 4.24. The number of hydrogen-bond acceptors (Lipinski definition) is 1. The van der Waals surface area contributed by atoms with Crippen molar-refractivity contribution in [3.8, 4) is 0 Å². The number of fused-ring (bicyclic) bond motifs is 3. The highest BCUT2D eigenvalue weighted by atomic mass is 16.4. The van der Waals surface area contributed by atoms with Gasteiger partial charge in [0.15, 0.2) is 0 Å². The van der Waals surface area contributed by atoms with Gasteiger partial charge in [0.1, 0.15) is 0 Å². The van der Waals surface area contributed by atoms with Gasteiger partial charge in [0.25, 0.3) is 0 Å². The van der Waals surface area contributed by atoms with Gasteiger partial charge in [0.2, 0.25) is 0 Å². The van der Waals surface area contributed by atoms with Crippen molar-refractivity contribution in [1.82, 2.24) is 0 Å². The van der Waals surface area contributed by atoms with Gasteiger partial charge < -0.3 is 5.11 Å². The third kappa shape index (κ3) is 1.70. The summed E-state index contributed by atoms with van der Waals surface area (Å²) in [5.41, 5.74) is 1.41. The molecule has 0 aromatic carbocycles. The normalized spacial score (nSPS) is 39.3. The van der Waals surface area contributed by atoms with Crippen molar-refractivity contribution in [2.45, 2.75) is 33.6 Å². The number of carboxylic acid groups (broad SMARTS) is 1. The summed E-state index contributed by atoms with van der Waals surface area (Å²) in [5.74, 6) is 1.38. The lowest BCUT2D eigenvalue weighted by atomic mass is 9.59. The zero-order valence-electron chi connectivity index (χ0n) is 9.73. The van der Waals surface area contributed by atoms with Gasteiger partial charge in [-0.25, -0.2) is 0 Å². The van der Waals surface area contributed by atoms with Gasteiger partial charge in [0.05, 0.1) is 5.92 Å². The van der Waals surface area contributed by atoms with Crippen LogP contribution in [0, 0.1) is 29.6 Å². The van der Waals surface area contributed by atoms with Crippen molar-refractivity contribution >= 4 is 5.97 Å². The molecule has 0 spiro atoms. The molecule has 2 bridgehead atoms. The standard InChI is InChI=1S/C13H20O2/c1-7(2)10-6-11-8(3)4-9(10)5-12(11)13(14)15/h5,7-8,10-12H,4,6H2,1-3H3,(H,14,15)/t8?,10?,11-,12?/m0/s1. The van der Waals surface area contributed by atoms with E-state index in [1.165, 1.54) is 5.57 Å². The van der Waals surface area contributed by atoms with Crippen molar-refractivity contribution in [2.75, 3.05) is 0 Å². The lowest BCUT2D eigenvalue weighted by molar-refractivity contribution is -0.143. The minimum atomic E-state index is -0.633. The SMILES string of the molecule is CC(C)C1C[C@H]2C(C)CC1=CC2C(=O)O. The molecule has 4 atom stereocenters. The topological polar surface area (TPSA) is 37.3 Å². The maximum absolute atomic E-state index is 11.1. The van der Waals surface area contributed by atoms with Crippen LogP contribution in [0.5, 0.6) is 0 Å². The van der Waals surface area contributed by atoms with Crippen LogP contribution >= 0.6 is 0 Å². The van der Waals surface area contributed by atoms with Gasteiger partial charge in [-0.2, -0.15) is 0 Å². The number of allylic oxidation sites excluding steroid dienone is 1. The van der Waals surface area contributed by atoms with E-state index in [0.717, 1.165) is 12.8 Å². The summed E-state index contributed by atoms with van der Waals surface area (Å²) in [6.07, 6.45) is 4.25. The number of carboxylic acids is 1. The molecule has 3 aliphatic rings. The van der Waals surface area contributed by atoms with Crippen molar-refractivity contribution in [3.63, 3.8) is 0 Å². The molecule has 0 aliphatic heterocycles. The van der Waals surface area contributed by atoms with E-state index in [2.05, 4.69) is 20.8 Å². The van der Waals surface area contributed by atoms with Crippen LogP contribution < -0.4 is 0 Å². The van der Waals surface area contributed by atoms with E-state index in [4.69, 9.17) is 5.11 Å². The highest BCUT2D eigenvalue weighted by Crippen LogP contribution is 2.49. The maximum Gasteiger partial charge on any atom is 0.310 e. The first-order valence-corrected chi connectivity index (χ1v) is 5.94. The number of aliphatic carboxylic acids is 1. The largest absolute Gasteiger partial charge is 0.481 e. The molecule has 3 unspecified atom stereocenters. The van der Waals surface area contributed by atoms with Crippen molar-refractivity contribution in [2.24, 2.45) is 29.6 Å². The first kappa shape index (κ1) is 10.7. The van der Waals surface area contributed by atoms with Crippen LogP contribution in [-0.4, -0.2) is 11.1 Å². The van der Waals surface area contributed by atoms with Crippen LogP contribution in [0.15, 0.2) is 11.6 Å². The fraction of sp³-hybridized carbons (Fsp3) is 0.769. The smallest absolute Gasteiger partial charge is 0.310 e. The quantitative estimate of drug-likeness (QED) is 0.708. The van der Waals surface area contributed by atoms with Gasteiger partial charge in [-0.3, -0.25) is 4.79 Å².